The molecule has 2 rings (SSSR count). The summed E-state index contributed by atoms with van der Waals surface area (Å²) in [4.78, 5) is 26.8. The van der Waals surface area contributed by atoms with E-state index in [2.05, 4.69) is 5.32 Å². The van der Waals surface area contributed by atoms with Crippen molar-refractivity contribution in [1.82, 2.24) is 10.2 Å². The van der Waals surface area contributed by atoms with E-state index in [1.807, 2.05) is 32.6 Å². The molecule has 2 atom stereocenters. The summed E-state index contributed by atoms with van der Waals surface area (Å²) >= 11 is 0. The molecule has 4 nitrogen and oxygen atoms in total. The van der Waals surface area contributed by atoms with E-state index in [9.17, 15) is 9.59 Å². The number of nitrogens with zero attached hydrogens (tertiary/aromatic N) is 1. The van der Waals surface area contributed by atoms with Gasteiger partial charge in [0.2, 0.25) is 11.8 Å². The number of hydrogen-bond donors (Lipinski definition) is 1. The fourth-order valence-corrected chi connectivity index (χ4v) is 2.86. The van der Waals surface area contributed by atoms with E-state index in [1.165, 1.54) is 12.8 Å². The van der Waals surface area contributed by atoms with Gasteiger partial charge in [0.1, 0.15) is 11.6 Å². The van der Waals surface area contributed by atoms with Gasteiger partial charge >= 0.3 is 0 Å². The summed E-state index contributed by atoms with van der Waals surface area (Å²) in [6, 6.07) is -0.300. The van der Waals surface area contributed by atoms with Crippen LogP contribution in [0.5, 0.6) is 0 Å². The lowest BCUT2D eigenvalue weighted by Gasteiger charge is -2.45. The molecule has 0 spiro atoms. The highest BCUT2D eigenvalue weighted by Crippen LogP contribution is 2.34. The molecule has 1 saturated heterocycles. The van der Waals surface area contributed by atoms with Gasteiger partial charge in [-0.05, 0) is 31.6 Å². The Morgan fingerprint density at radius 1 is 1.37 bits per heavy atom. The van der Waals surface area contributed by atoms with Gasteiger partial charge in [-0.1, -0.05) is 33.6 Å². The van der Waals surface area contributed by atoms with Crippen LogP contribution in [0, 0.1) is 11.8 Å². The SMILES string of the molecule is CCC1(C)NC(=O)C(C(C)C)N(CCC2CC2)C1=O. The number of carbonyl (C=O) groups excluding carboxylic acids is 2. The molecular formula is C15H26N2O2. The van der Waals surface area contributed by atoms with Crippen molar-refractivity contribution in [1.29, 1.82) is 0 Å². The first-order chi connectivity index (χ1) is 8.89. The predicted molar refractivity (Wildman–Crippen MR) is 74.5 cm³/mol. The molecule has 2 aliphatic rings. The first kappa shape index (κ1) is 14.4. The maximum absolute atomic E-state index is 12.7. The summed E-state index contributed by atoms with van der Waals surface area (Å²) < 4.78 is 0. The molecule has 0 aromatic rings. The highest BCUT2D eigenvalue weighted by atomic mass is 16.2. The molecule has 4 heteroatoms. The molecule has 1 saturated carbocycles. The van der Waals surface area contributed by atoms with E-state index < -0.39 is 5.54 Å². The van der Waals surface area contributed by atoms with Crippen LogP contribution in [0.4, 0.5) is 0 Å². The summed E-state index contributed by atoms with van der Waals surface area (Å²) in [5, 5.41) is 2.93. The fourth-order valence-electron chi connectivity index (χ4n) is 2.86. The second-order valence-electron chi connectivity index (χ2n) is 6.59. The Labute approximate surface area is 115 Å². The minimum Gasteiger partial charge on any atom is -0.340 e. The largest absolute Gasteiger partial charge is 0.340 e. The third-order valence-electron chi connectivity index (χ3n) is 4.55. The lowest BCUT2D eigenvalue weighted by Crippen LogP contribution is -2.70. The topological polar surface area (TPSA) is 49.4 Å². The van der Waals surface area contributed by atoms with Gasteiger partial charge in [-0.3, -0.25) is 9.59 Å². The van der Waals surface area contributed by atoms with E-state index >= 15 is 0 Å². The Morgan fingerprint density at radius 3 is 2.47 bits per heavy atom. The highest BCUT2D eigenvalue weighted by Gasteiger charge is 2.47. The van der Waals surface area contributed by atoms with Crippen LogP contribution in [-0.4, -0.2) is 34.8 Å². The fraction of sp³-hybridized carbons (Fsp3) is 0.867. The van der Waals surface area contributed by atoms with Gasteiger partial charge in [0.25, 0.3) is 0 Å². The lowest BCUT2D eigenvalue weighted by atomic mass is 9.88. The zero-order valence-corrected chi connectivity index (χ0v) is 12.5. The van der Waals surface area contributed by atoms with Crippen LogP contribution in [-0.2, 0) is 9.59 Å². The first-order valence-electron chi connectivity index (χ1n) is 7.52. The maximum atomic E-state index is 12.7. The molecular weight excluding hydrogens is 240 g/mol. The standard InChI is InChI=1S/C15H26N2O2/c1-5-15(4)14(19)17(9-8-11-6-7-11)12(10(2)3)13(18)16-15/h10-12H,5-9H2,1-4H3,(H,16,18). The Kier molecular flexibility index (Phi) is 3.88. The van der Waals surface area contributed by atoms with Crippen LogP contribution in [0.25, 0.3) is 0 Å². The zero-order valence-electron chi connectivity index (χ0n) is 12.5. The molecule has 1 aliphatic heterocycles. The smallest absolute Gasteiger partial charge is 0.248 e. The van der Waals surface area contributed by atoms with Crippen molar-refractivity contribution >= 4 is 11.8 Å². The summed E-state index contributed by atoms with van der Waals surface area (Å²) in [7, 11) is 0. The molecule has 2 amide bonds. The lowest BCUT2D eigenvalue weighted by molar-refractivity contribution is -0.156. The molecule has 1 aliphatic carbocycles. The molecule has 0 radical (unpaired) electrons. The second-order valence-corrected chi connectivity index (χ2v) is 6.59. The van der Waals surface area contributed by atoms with Crippen LogP contribution in [0.2, 0.25) is 0 Å². The minimum atomic E-state index is -0.716. The van der Waals surface area contributed by atoms with Gasteiger partial charge in [-0.15, -0.1) is 0 Å². The second kappa shape index (κ2) is 5.14. The van der Waals surface area contributed by atoms with E-state index in [0.717, 1.165) is 18.9 Å². The van der Waals surface area contributed by atoms with E-state index in [1.54, 1.807) is 0 Å². The van der Waals surface area contributed by atoms with Crippen molar-refractivity contribution in [3.05, 3.63) is 0 Å². The van der Waals surface area contributed by atoms with Gasteiger partial charge in [-0.25, -0.2) is 0 Å². The molecule has 0 aromatic heterocycles. The molecule has 19 heavy (non-hydrogen) atoms. The summed E-state index contributed by atoms with van der Waals surface area (Å²) in [5.41, 5.74) is -0.716. The quantitative estimate of drug-likeness (QED) is 0.826. The predicted octanol–water partition coefficient (Wildman–Crippen LogP) is 1.94. The number of rotatable bonds is 5. The van der Waals surface area contributed by atoms with Crippen LogP contribution in [0.3, 0.4) is 0 Å². The van der Waals surface area contributed by atoms with Crippen molar-refractivity contribution < 1.29 is 9.59 Å². The molecule has 1 N–H and O–H groups in total. The number of nitrogens with one attached hydrogen (secondary N) is 1. The van der Waals surface area contributed by atoms with Crippen molar-refractivity contribution in [2.75, 3.05) is 6.54 Å². The Morgan fingerprint density at radius 2 is 2.00 bits per heavy atom. The van der Waals surface area contributed by atoms with E-state index in [-0.39, 0.29) is 23.8 Å². The Hall–Kier alpha value is -1.06. The number of piperazine rings is 1. The van der Waals surface area contributed by atoms with E-state index in [0.29, 0.717) is 6.42 Å². The van der Waals surface area contributed by atoms with Gasteiger partial charge in [0, 0.05) is 6.54 Å². The van der Waals surface area contributed by atoms with Crippen molar-refractivity contribution in [2.24, 2.45) is 11.8 Å². The molecule has 0 aromatic carbocycles. The van der Waals surface area contributed by atoms with Crippen molar-refractivity contribution in [2.45, 2.75) is 65.0 Å². The van der Waals surface area contributed by atoms with Crippen LogP contribution < -0.4 is 5.32 Å². The highest BCUT2D eigenvalue weighted by molar-refractivity contribution is 5.99. The van der Waals surface area contributed by atoms with Gasteiger partial charge in [-0.2, -0.15) is 0 Å². The molecule has 108 valence electrons. The van der Waals surface area contributed by atoms with Crippen LogP contribution in [0.1, 0.15) is 53.4 Å². The monoisotopic (exact) mass is 266 g/mol. The number of hydrogen-bond acceptors (Lipinski definition) is 2. The average molecular weight is 266 g/mol. The number of carbonyl (C=O) groups is 2. The molecule has 2 fully saturated rings. The third kappa shape index (κ3) is 2.77. The van der Waals surface area contributed by atoms with Crippen LogP contribution >= 0.6 is 0 Å². The summed E-state index contributed by atoms with van der Waals surface area (Å²) in [6.07, 6.45) is 4.25. The molecule has 1 heterocycles. The first-order valence-corrected chi connectivity index (χ1v) is 7.52. The molecule has 0 bridgehead atoms. The number of amides is 2. The average Bonchev–Trinajstić information content (AvgIpc) is 3.15. The van der Waals surface area contributed by atoms with Crippen molar-refractivity contribution in [3.63, 3.8) is 0 Å². The minimum absolute atomic E-state index is 0.00902. The molecule has 2 unspecified atom stereocenters. The van der Waals surface area contributed by atoms with Gasteiger partial charge in [0.05, 0.1) is 0 Å². The Bertz CT molecular complexity index is 376. The van der Waals surface area contributed by atoms with Crippen LogP contribution in [0.15, 0.2) is 0 Å². The van der Waals surface area contributed by atoms with Crippen molar-refractivity contribution in [3.8, 4) is 0 Å². The van der Waals surface area contributed by atoms with E-state index in [4.69, 9.17) is 0 Å². The summed E-state index contributed by atoms with van der Waals surface area (Å²) in [5.74, 6) is 1.03. The zero-order chi connectivity index (χ0) is 14.2. The van der Waals surface area contributed by atoms with Gasteiger partial charge in [0.15, 0.2) is 0 Å². The Balaban J connectivity index is 2.18. The summed E-state index contributed by atoms with van der Waals surface area (Å²) in [6.45, 7) is 8.54. The third-order valence-corrected chi connectivity index (χ3v) is 4.55. The maximum Gasteiger partial charge on any atom is 0.248 e. The van der Waals surface area contributed by atoms with Gasteiger partial charge < -0.3 is 10.2 Å². The normalized spacial score (nSPS) is 31.8.